The Kier molecular flexibility index (Phi) is 1.51. The predicted molar refractivity (Wildman–Crippen MR) is 42.1 cm³/mol. The summed E-state index contributed by atoms with van der Waals surface area (Å²) < 4.78 is 0. The van der Waals surface area contributed by atoms with Gasteiger partial charge in [-0.3, -0.25) is 9.78 Å². The predicted octanol–water partition coefficient (Wildman–Crippen LogP) is 0.715. The minimum Gasteiger partial charge on any atom is -0.465 e. The van der Waals surface area contributed by atoms with E-state index in [2.05, 4.69) is 4.98 Å². The van der Waals surface area contributed by atoms with E-state index in [1.165, 1.54) is 12.4 Å². The molecule has 0 aliphatic carbocycles. The number of nitrogens with zero attached hydrogens (tertiary/aromatic N) is 2. The lowest BCUT2D eigenvalue weighted by Gasteiger charge is -2.06. The van der Waals surface area contributed by atoms with E-state index < -0.39 is 12.0 Å². The van der Waals surface area contributed by atoms with Gasteiger partial charge in [-0.15, -0.1) is 0 Å². The van der Waals surface area contributed by atoms with Gasteiger partial charge < -0.3 is 5.11 Å². The van der Waals surface area contributed by atoms with Gasteiger partial charge in [-0.2, -0.15) is 0 Å². The molecule has 2 amide bonds. The lowest BCUT2D eigenvalue weighted by atomic mass is 10.2. The van der Waals surface area contributed by atoms with Crippen LogP contribution >= 0.6 is 0 Å². The molecule has 0 saturated heterocycles. The Morgan fingerprint density at radius 2 is 2.38 bits per heavy atom. The Hall–Kier alpha value is -1.91. The smallest absolute Gasteiger partial charge is 0.414 e. The van der Waals surface area contributed by atoms with Gasteiger partial charge >= 0.3 is 6.09 Å². The van der Waals surface area contributed by atoms with E-state index in [9.17, 15) is 9.59 Å². The van der Waals surface area contributed by atoms with Crippen molar-refractivity contribution in [2.75, 3.05) is 0 Å². The zero-order valence-corrected chi connectivity index (χ0v) is 6.60. The quantitative estimate of drug-likeness (QED) is 0.635. The Balaban J connectivity index is 2.44. The van der Waals surface area contributed by atoms with Crippen LogP contribution in [0.4, 0.5) is 4.79 Å². The van der Waals surface area contributed by atoms with Crippen molar-refractivity contribution in [3.05, 3.63) is 29.6 Å². The van der Waals surface area contributed by atoms with Crippen LogP contribution in [0.3, 0.4) is 0 Å². The molecule has 0 radical (unpaired) electrons. The molecule has 5 nitrogen and oxygen atoms in total. The number of carbonyl (C=O) groups excluding carboxylic acids is 1. The van der Waals surface area contributed by atoms with Crippen LogP contribution in [0.25, 0.3) is 0 Å². The van der Waals surface area contributed by atoms with Crippen LogP contribution in [-0.4, -0.2) is 27.0 Å². The largest absolute Gasteiger partial charge is 0.465 e. The zero-order valence-electron chi connectivity index (χ0n) is 6.60. The number of hydrogen-bond acceptors (Lipinski definition) is 3. The van der Waals surface area contributed by atoms with Crippen LogP contribution in [0.15, 0.2) is 18.5 Å². The van der Waals surface area contributed by atoms with Crippen LogP contribution in [0.1, 0.15) is 15.9 Å². The third-order valence-corrected chi connectivity index (χ3v) is 1.95. The fourth-order valence-electron chi connectivity index (χ4n) is 1.30. The zero-order chi connectivity index (χ0) is 9.42. The molecule has 1 aromatic rings. The highest BCUT2D eigenvalue weighted by molar-refractivity contribution is 6.05. The molecule has 2 heterocycles. The van der Waals surface area contributed by atoms with Crippen LogP contribution in [0.5, 0.6) is 0 Å². The molecule has 0 aromatic carbocycles. The molecule has 0 bridgehead atoms. The molecule has 66 valence electrons. The van der Waals surface area contributed by atoms with Crippen molar-refractivity contribution < 1.29 is 14.7 Å². The number of hydrogen-bond donors (Lipinski definition) is 1. The van der Waals surface area contributed by atoms with E-state index in [1.807, 2.05) is 0 Å². The summed E-state index contributed by atoms with van der Waals surface area (Å²) in [5, 5.41) is 8.64. The number of amides is 2. The summed E-state index contributed by atoms with van der Waals surface area (Å²) in [5.74, 6) is -0.490. The van der Waals surface area contributed by atoms with Crippen molar-refractivity contribution in [2.45, 2.75) is 6.54 Å². The first kappa shape index (κ1) is 7.72. The summed E-state index contributed by atoms with van der Waals surface area (Å²) in [6.45, 7) is 0.131. The fraction of sp³-hybridized carbons (Fsp3) is 0.125. The first-order chi connectivity index (χ1) is 6.20. The number of carbonyl (C=O) groups is 2. The minimum absolute atomic E-state index is 0.131. The van der Waals surface area contributed by atoms with Gasteiger partial charge in [-0.25, -0.2) is 9.69 Å². The molecule has 1 aromatic heterocycles. The molecule has 0 fully saturated rings. The van der Waals surface area contributed by atoms with Gasteiger partial charge in [0, 0.05) is 12.4 Å². The van der Waals surface area contributed by atoms with Crippen molar-refractivity contribution in [3.8, 4) is 0 Å². The van der Waals surface area contributed by atoms with Gasteiger partial charge in [0.25, 0.3) is 5.91 Å². The molecule has 0 saturated carbocycles. The van der Waals surface area contributed by atoms with Gasteiger partial charge in [-0.05, 0) is 11.6 Å². The number of rotatable bonds is 0. The van der Waals surface area contributed by atoms with E-state index in [0.29, 0.717) is 11.1 Å². The average Bonchev–Trinajstić information content (AvgIpc) is 2.45. The molecular formula is C8H6N2O3. The third-order valence-electron chi connectivity index (χ3n) is 1.95. The minimum atomic E-state index is -1.22. The Labute approximate surface area is 73.6 Å². The second kappa shape index (κ2) is 2.55. The molecule has 1 N–H and O–H groups in total. The summed E-state index contributed by atoms with van der Waals surface area (Å²) in [6.07, 6.45) is 1.71. The highest BCUT2D eigenvalue weighted by Crippen LogP contribution is 2.20. The number of carboxylic acid groups (broad SMARTS) is 1. The first-order valence-corrected chi connectivity index (χ1v) is 3.68. The standard InChI is InChI=1S/C8H6N2O3/c11-7-6-3-9-2-1-5(6)4-10(7)8(12)13/h1-3H,4H2,(H,12,13). The molecule has 2 rings (SSSR count). The summed E-state index contributed by atoms with van der Waals surface area (Å²) in [4.78, 5) is 26.4. The lowest BCUT2D eigenvalue weighted by Crippen LogP contribution is -2.29. The molecule has 1 aliphatic heterocycles. The molecule has 0 atom stereocenters. The van der Waals surface area contributed by atoms with Gasteiger partial charge in [0.1, 0.15) is 0 Å². The maximum absolute atomic E-state index is 11.3. The van der Waals surface area contributed by atoms with E-state index >= 15 is 0 Å². The van der Waals surface area contributed by atoms with E-state index in [-0.39, 0.29) is 6.54 Å². The normalized spacial score (nSPS) is 14.5. The lowest BCUT2D eigenvalue weighted by molar-refractivity contribution is 0.0763. The van der Waals surface area contributed by atoms with E-state index in [1.54, 1.807) is 6.07 Å². The number of imide groups is 1. The van der Waals surface area contributed by atoms with Gasteiger partial charge in [0.15, 0.2) is 0 Å². The second-order valence-corrected chi connectivity index (χ2v) is 2.71. The topological polar surface area (TPSA) is 70.5 Å². The van der Waals surface area contributed by atoms with Crippen LogP contribution in [0, 0.1) is 0 Å². The van der Waals surface area contributed by atoms with Crippen LogP contribution in [-0.2, 0) is 6.54 Å². The summed E-state index contributed by atoms with van der Waals surface area (Å²) >= 11 is 0. The van der Waals surface area contributed by atoms with E-state index in [0.717, 1.165) is 4.90 Å². The number of fused-ring (bicyclic) bond motifs is 1. The van der Waals surface area contributed by atoms with E-state index in [4.69, 9.17) is 5.11 Å². The Morgan fingerprint density at radius 1 is 1.62 bits per heavy atom. The molecule has 0 unspecified atom stereocenters. The molecule has 13 heavy (non-hydrogen) atoms. The Morgan fingerprint density at radius 3 is 3.00 bits per heavy atom. The average molecular weight is 178 g/mol. The maximum atomic E-state index is 11.3. The first-order valence-electron chi connectivity index (χ1n) is 3.68. The van der Waals surface area contributed by atoms with Crippen molar-refractivity contribution in [3.63, 3.8) is 0 Å². The summed E-state index contributed by atoms with van der Waals surface area (Å²) in [5.41, 5.74) is 1.09. The summed E-state index contributed by atoms with van der Waals surface area (Å²) in [6, 6.07) is 1.65. The van der Waals surface area contributed by atoms with Crippen molar-refractivity contribution in [2.24, 2.45) is 0 Å². The monoisotopic (exact) mass is 178 g/mol. The molecule has 1 aliphatic rings. The van der Waals surface area contributed by atoms with Gasteiger partial charge in [0.2, 0.25) is 0 Å². The van der Waals surface area contributed by atoms with Crippen molar-refractivity contribution in [1.82, 2.24) is 9.88 Å². The Bertz CT molecular complexity index is 389. The van der Waals surface area contributed by atoms with Gasteiger partial charge in [0.05, 0.1) is 12.1 Å². The van der Waals surface area contributed by atoms with Crippen LogP contribution < -0.4 is 0 Å². The highest BCUT2D eigenvalue weighted by Gasteiger charge is 2.31. The van der Waals surface area contributed by atoms with Crippen molar-refractivity contribution in [1.29, 1.82) is 0 Å². The molecule has 0 spiro atoms. The second-order valence-electron chi connectivity index (χ2n) is 2.71. The molecular weight excluding hydrogens is 172 g/mol. The van der Waals surface area contributed by atoms with Crippen LogP contribution in [0.2, 0.25) is 0 Å². The fourth-order valence-corrected chi connectivity index (χ4v) is 1.30. The van der Waals surface area contributed by atoms with Crippen molar-refractivity contribution >= 4 is 12.0 Å². The molecule has 5 heteroatoms. The third kappa shape index (κ3) is 1.05. The maximum Gasteiger partial charge on any atom is 0.414 e. The SMILES string of the molecule is O=C(O)N1Cc2ccncc2C1=O. The van der Waals surface area contributed by atoms with Gasteiger partial charge in [-0.1, -0.05) is 0 Å². The number of pyridine rings is 1. The summed E-state index contributed by atoms with van der Waals surface area (Å²) in [7, 11) is 0. The highest BCUT2D eigenvalue weighted by atomic mass is 16.4. The number of aromatic nitrogens is 1.